The van der Waals surface area contributed by atoms with Crippen LogP contribution in [0.5, 0.6) is 0 Å². The van der Waals surface area contributed by atoms with Crippen LogP contribution in [0.1, 0.15) is 20.7 Å². The van der Waals surface area contributed by atoms with Gasteiger partial charge in [0.2, 0.25) is 0 Å². The second-order valence-corrected chi connectivity index (χ2v) is 10.4. The van der Waals surface area contributed by atoms with Gasteiger partial charge in [0.05, 0.1) is 28.5 Å². The maximum Gasteiger partial charge on any atom is 0.260 e. The third kappa shape index (κ3) is 2.25. The lowest BCUT2D eigenvalue weighted by Crippen LogP contribution is -2.20. The van der Waals surface area contributed by atoms with E-state index in [-0.39, 0.29) is 11.8 Å². The normalized spacial score (nSPS) is 13.5. The Labute approximate surface area is 154 Å². The van der Waals surface area contributed by atoms with E-state index in [0.717, 1.165) is 27.1 Å². The smallest absolute Gasteiger partial charge is 0.260 e. The van der Waals surface area contributed by atoms with Gasteiger partial charge in [-0.15, -0.1) is 34.0 Å². The summed E-state index contributed by atoms with van der Waals surface area (Å²) in [4.78, 5) is 28.1. The first-order chi connectivity index (χ1) is 10.5. The number of carbonyl (C=O) groups excluding carboxylic acids is 2. The predicted molar refractivity (Wildman–Crippen MR) is 98.1 cm³/mol. The minimum Gasteiger partial charge on any atom is -0.288 e. The van der Waals surface area contributed by atoms with Crippen LogP contribution < -0.4 is 5.32 Å². The number of rotatable bonds is 2. The van der Waals surface area contributed by atoms with Gasteiger partial charge in [-0.3, -0.25) is 14.9 Å². The summed E-state index contributed by atoms with van der Waals surface area (Å²) in [5, 5.41) is 2.41. The van der Waals surface area contributed by atoms with Gasteiger partial charge in [-0.1, -0.05) is 0 Å². The summed E-state index contributed by atoms with van der Waals surface area (Å²) >= 11 is 11.5. The third-order valence-corrected chi connectivity index (χ3v) is 7.98. The molecule has 0 aliphatic carbocycles. The molecule has 2 amide bonds. The molecule has 1 aliphatic rings. The van der Waals surface area contributed by atoms with Crippen LogP contribution in [0, 0.1) is 0 Å². The molecule has 1 aliphatic heterocycles. The van der Waals surface area contributed by atoms with Gasteiger partial charge in [0.15, 0.2) is 0 Å². The molecule has 0 saturated heterocycles. The molecule has 0 radical (unpaired) electrons. The molecular weight excluding hydrogens is 470 g/mol. The van der Waals surface area contributed by atoms with Crippen LogP contribution in [0.3, 0.4) is 0 Å². The molecule has 4 rings (SSSR count). The van der Waals surface area contributed by atoms with Gasteiger partial charge in [0, 0.05) is 9.75 Å². The van der Waals surface area contributed by atoms with E-state index in [0.29, 0.717) is 11.1 Å². The Balaban J connectivity index is 2.00. The predicted octanol–water partition coefficient (Wildman–Crippen LogP) is 5.61. The Morgan fingerprint density at radius 3 is 1.55 bits per heavy atom. The molecule has 0 unspecified atom stereocenters. The van der Waals surface area contributed by atoms with Crippen LogP contribution in [0.25, 0.3) is 19.5 Å². The van der Waals surface area contributed by atoms with Crippen molar-refractivity contribution in [2.45, 2.75) is 0 Å². The van der Waals surface area contributed by atoms with E-state index >= 15 is 0 Å². The lowest BCUT2D eigenvalue weighted by molar-refractivity contribution is 0.0880. The molecule has 110 valence electrons. The number of imide groups is 1. The number of amides is 2. The number of hydrogen-bond donors (Lipinski definition) is 1. The zero-order valence-electron chi connectivity index (χ0n) is 10.6. The molecule has 0 fully saturated rings. The summed E-state index contributed by atoms with van der Waals surface area (Å²) in [7, 11) is 0. The van der Waals surface area contributed by atoms with Crippen LogP contribution in [-0.4, -0.2) is 11.8 Å². The standard InChI is InChI=1S/C14H5Br2NO2S3/c15-7-3-1-5(20-7)11-9-10(14(19)17-13(9)18)12(22-11)6-2-4-8(16)21-6/h1-4H,(H,17,18,19). The Bertz CT molecular complexity index is 865. The molecular formula is C14H5Br2NO2S3. The molecule has 1 N–H and O–H groups in total. The first-order valence-electron chi connectivity index (χ1n) is 6.08. The number of hydrogen-bond acceptors (Lipinski definition) is 5. The summed E-state index contributed by atoms with van der Waals surface area (Å²) in [6.45, 7) is 0. The molecule has 22 heavy (non-hydrogen) atoms. The quantitative estimate of drug-likeness (QED) is 0.490. The van der Waals surface area contributed by atoms with Crippen LogP contribution in [0.2, 0.25) is 0 Å². The van der Waals surface area contributed by atoms with Crippen LogP contribution in [0.15, 0.2) is 31.8 Å². The average molecular weight is 475 g/mol. The fraction of sp³-hybridized carbons (Fsp3) is 0. The van der Waals surface area contributed by atoms with Crippen LogP contribution in [0.4, 0.5) is 0 Å². The van der Waals surface area contributed by atoms with E-state index in [1.165, 1.54) is 11.3 Å². The van der Waals surface area contributed by atoms with Gasteiger partial charge in [0.1, 0.15) is 0 Å². The van der Waals surface area contributed by atoms with Crippen molar-refractivity contribution in [3.8, 4) is 19.5 Å². The maximum atomic E-state index is 12.2. The second kappa shape index (κ2) is 5.38. The highest BCUT2D eigenvalue weighted by atomic mass is 79.9. The fourth-order valence-corrected chi connectivity index (χ4v) is 6.61. The van der Waals surface area contributed by atoms with E-state index in [2.05, 4.69) is 37.2 Å². The van der Waals surface area contributed by atoms with Crippen molar-refractivity contribution in [2.24, 2.45) is 0 Å². The maximum absolute atomic E-state index is 12.2. The Morgan fingerprint density at radius 2 is 1.18 bits per heavy atom. The zero-order valence-corrected chi connectivity index (χ0v) is 16.2. The van der Waals surface area contributed by atoms with Gasteiger partial charge in [-0.2, -0.15) is 0 Å². The Morgan fingerprint density at radius 1 is 0.727 bits per heavy atom. The van der Waals surface area contributed by atoms with Gasteiger partial charge >= 0.3 is 0 Å². The Hall–Kier alpha value is -0.800. The zero-order chi connectivity index (χ0) is 15.4. The van der Waals surface area contributed by atoms with E-state index < -0.39 is 0 Å². The second-order valence-electron chi connectivity index (χ2n) is 4.50. The summed E-state index contributed by atoms with van der Waals surface area (Å²) in [6.07, 6.45) is 0. The Kier molecular flexibility index (Phi) is 3.61. The molecule has 8 heteroatoms. The molecule has 4 heterocycles. The van der Waals surface area contributed by atoms with E-state index in [1.54, 1.807) is 22.7 Å². The molecule has 0 spiro atoms. The summed E-state index contributed by atoms with van der Waals surface area (Å²) in [6, 6.07) is 7.82. The number of carbonyl (C=O) groups is 2. The van der Waals surface area contributed by atoms with E-state index in [1.807, 2.05) is 24.3 Å². The van der Waals surface area contributed by atoms with Crippen LogP contribution in [-0.2, 0) is 0 Å². The highest BCUT2D eigenvalue weighted by molar-refractivity contribution is 9.11. The molecule has 0 saturated carbocycles. The molecule has 0 aromatic carbocycles. The highest BCUT2D eigenvalue weighted by Gasteiger charge is 2.36. The van der Waals surface area contributed by atoms with Gasteiger partial charge in [0.25, 0.3) is 11.8 Å². The van der Waals surface area contributed by atoms with Crippen molar-refractivity contribution in [1.29, 1.82) is 0 Å². The van der Waals surface area contributed by atoms with Crippen molar-refractivity contribution in [2.75, 3.05) is 0 Å². The number of nitrogens with one attached hydrogen (secondary N) is 1. The van der Waals surface area contributed by atoms with Crippen LogP contribution >= 0.6 is 65.9 Å². The average Bonchev–Trinajstić information content (AvgIpc) is 3.18. The minimum absolute atomic E-state index is 0.308. The summed E-state index contributed by atoms with van der Waals surface area (Å²) < 4.78 is 1.99. The van der Waals surface area contributed by atoms with Gasteiger partial charge in [-0.05, 0) is 56.1 Å². The lowest BCUT2D eigenvalue weighted by atomic mass is 10.1. The molecule has 0 bridgehead atoms. The molecule has 3 nitrogen and oxygen atoms in total. The highest BCUT2D eigenvalue weighted by Crippen LogP contribution is 2.48. The van der Waals surface area contributed by atoms with E-state index in [9.17, 15) is 9.59 Å². The van der Waals surface area contributed by atoms with Crippen molar-refractivity contribution in [3.05, 3.63) is 43.0 Å². The number of fused-ring (bicyclic) bond motifs is 1. The monoisotopic (exact) mass is 473 g/mol. The van der Waals surface area contributed by atoms with Gasteiger partial charge < -0.3 is 0 Å². The number of thiophene rings is 3. The SMILES string of the molecule is O=C1NC(=O)c2c(-c3ccc(Br)s3)sc(-c3ccc(Br)s3)c21. The first kappa shape index (κ1) is 14.8. The largest absolute Gasteiger partial charge is 0.288 e. The van der Waals surface area contributed by atoms with Crippen molar-refractivity contribution < 1.29 is 9.59 Å². The molecule has 3 aromatic heterocycles. The third-order valence-electron chi connectivity index (χ3n) is 3.18. The number of halogens is 2. The van der Waals surface area contributed by atoms with Crippen molar-refractivity contribution in [1.82, 2.24) is 5.32 Å². The van der Waals surface area contributed by atoms with E-state index in [4.69, 9.17) is 0 Å². The van der Waals surface area contributed by atoms with Crippen molar-refractivity contribution >= 4 is 77.7 Å². The van der Waals surface area contributed by atoms with Gasteiger partial charge in [-0.25, -0.2) is 0 Å². The summed E-state index contributed by atoms with van der Waals surface area (Å²) in [5.41, 5.74) is 1.01. The molecule has 3 aromatic rings. The topological polar surface area (TPSA) is 46.2 Å². The fourth-order valence-electron chi connectivity index (χ4n) is 2.31. The van der Waals surface area contributed by atoms with Crippen molar-refractivity contribution in [3.63, 3.8) is 0 Å². The lowest BCUT2D eigenvalue weighted by Gasteiger charge is -1.96. The summed E-state index contributed by atoms with van der Waals surface area (Å²) in [5.74, 6) is -0.615. The first-order valence-corrected chi connectivity index (χ1v) is 10.1. The molecule has 0 atom stereocenters. The minimum atomic E-state index is -0.308.